The summed E-state index contributed by atoms with van der Waals surface area (Å²) in [5, 5.41) is 16.1. The van der Waals surface area contributed by atoms with Gasteiger partial charge in [-0.15, -0.1) is 0 Å². The number of nitrogens with one attached hydrogen (secondary N) is 1. The summed E-state index contributed by atoms with van der Waals surface area (Å²) in [6.45, 7) is 3.91. The van der Waals surface area contributed by atoms with Crippen LogP contribution in [0.4, 0.5) is 11.4 Å². The summed E-state index contributed by atoms with van der Waals surface area (Å²) >= 11 is 5.93. The van der Waals surface area contributed by atoms with Gasteiger partial charge >= 0.3 is 0 Å². The zero-order valence-electron chi connectivity index (χ0n) is 25.1. The molecule has 0 amide bonds. The number of nitro benzene ring substituents is 1. The van der Waals surface area contributed by atoms with Crippen LogP contribution in [0, 0.1) is 24.0 Å². The van der Waals surface area contributed by atoms with E-state index in [1.807, 2.05) is 85.1 Å². The summed E-state index contributed by atoms with van der Waals surface area (Å²) in [6, 6.07) is 27.3. The molecule has 3 aromatic carbocycles. The van der Waals surface area contributed by atoms with Gasteiger partial charge in [-0.05, 0) is 110 Å². The van der Waals surface area contributed by atoms with Gasteiger partial charge in [-0.25, -0.2) is 0 Å². The molecule has 0 bridgehead atoms. The lowest BCUT2D eigenvalue weighted by atomic mass is 9.96. The predicted molar refractivity (Wildman–Crippen MR) is 176 cm³/mol. The molecule has 0 radical (unpaired) electrons. The van der Waals surface area contributed by atoms with Gasteiger partial charge in [0, 0.05) is 23.3 Å². The topological polar surface area (TPSA) is 104 Å². The zero-order valence-corrected chi connectivity index (χ0v) is 25.9. The molecule has 2 aromatic heterocycles. The van der Waals surface area contributed by atoms with Gasteiger partial charge in [0.05, 0.1) is 43.0 Å². The molecule has 1 N–H and O–H groups in total. The molecule has 10 nitrogen and oxygen atoms in total. The van der Waals surface area contributed by atoms with Gasteiger partial charge in [-0.2, -0.15) is 0 Å². The Kier molecular flexibility index (Phi) is 8.10. The molecule has 0 unspecified atom stereocenters. The molecule has 45 heavy (non-hydrogen) atoms. The van der Waals surface area contributed by atoms with Crippen molar-refractivity contribution in [3.05, 3.63) is 130 Å². The fraction of sp³-hybridized carbons (Fsp3) is 0.176. The first kappa shape index (κ1) is 29.6. The van der Waals surface area contributed by atoms with Crippen LogP contribution in [0.1, 0.15) is 34.7 Å². The molecule has 1 saturated heterocycles. The van der Waals surface area contributed by atoms with E-state index in [4.69, 9.17) is 26.4 Å². The summed E-state index contributed by atoms with van der Waals surface area (Å²) < 4.78 is 18.5. The standard InChI is InChI=1S/C34H31N5O5S/c1-21-19-28(22(2)37(21)30-17-16-27(43-4)20-31(30)39(40)41)33-32(29-7-5-6-18-35-29)36-34(45)38(33)23-8-10-25(11-9-23)44-26-14-12-24(42-3)13-15-26/h5-20,32-33H,1-4H3,(H,36,45)/t32-,33-/m1/s1. The molecule has 0 aliphatic carbocycles. The Bertz CT molecular complexity index is 1860. The van der Waals surface area contributed by atoms with E-state index in [0.717, 1.165) is 34.1 Å². The first-order valence-corrected chi connectivity index (χ1v) is 14.6. The average Bonchev–Trinajstić information content (AvgIpc) is 3.56. The highest BCUT2D eigenvalue weighted by molar-refractivity contribution is 7.80. The van der Waals surface area contributed by atoms with Crippen molar-refractivity contribution in [1.82, 2.24) is 14.9 Å². The van der Waals surface area contributed by atoms with E-state index in [1.54, 1.807) is 25.4 Å². The number of nitrogens with zero attached hydrogens (tertiary/aromatic N) is 4. The van der Waals surface area contributed by atoms with Crippen LogP contribution >= 0.6 is 12.2 Å². The van der Waals surface area contributed by atoms with E-state index in [2.05, 4.69) is 21.3 Å². The van der Waals surface area contributed by atoms with Crippen molar-refractivity contribution in [1.29, 1.82) is 0 Å². The third-order valence-electron chi connectivity index (χ3n) is 7.92. The number of ether oxygens (including phenoxy) is 3. The van der Waals surface area contributed by atoms with Crippen LogP contribution in [-0.2, 0) is 0 Å². The number of rotatable bonds is 9. The van der Waals surface area contributed by atoms with Gasteiger partial charge in [-0.3, -0.25) is 15.1 Å². The van der Waals surface area contributed by atoms with Crippen LogP contribution in [-0.4, -0.2) is 33.8 Å². The lowest BCUT2D eigenvalue weighted by molar-refractivity contribution is -0.384. The van der Waals surface area contributed by atoms with Crippen LogP contribution in [0.5, 0.6) is 23.0 Å². The number of aryl methyl sites for hydroxylation is 1. The fourth-order valence-corrected chi connectivity index (χ4v) is 6.17. The van der Waals surface area contributed by atoms with Crippen molar-refractivity contribution >= 4 is 28.7 Å². The quantitative estimate of drug-likeness (QED) is 0.103. The van der Waals surface area contributed by atoms with E-state index in [9.17, 15) is 10.1 Å². The van der Waals surface area contributed by atoms with E-state index in [-0.39, 0.29) is 22.7 Å². The smallest absolute Gasteiger partial charge is 0.296 e. The molecule has 6 rings (SSSR count). The first-order valence-electron chi connectivity index (χ1n) is 14.2. The van der Waals surface area contributed by atoms with E-state index in [0.29, 0.717) is 28.0 Å². The third kappa shape index (κ3) is 5.65. The van der Waals surface area contributed by atoms with Gasteiger partial charge < -0.3 is 29.0 Å². The Hall–Kier alpha value is -5.42. The summed E-state index contributed by atoms with van der Waals surface area (Å²) in [5.41, 5.74) is 4.74. The van der Waals surface area contributed by atoms with Gasteiger partial charge in [-0.1, -0.05) is 6.07 Å². The van der Waals surface area contributed by atoms with E-state index in [1.165, 1.54) is 13.2 Å². The average molecular weight is 622 g/mol. The molecular weight excluding hydrogens is 590 g/mol. The van der Waals surface area contributed by atoms with Crippen molar-refractivity contribution in [2.24, 2.45) is 0 Å². The molecule has 1 aliphatic heterocycles. The summed E-state index contributed by atoms with van der Waals surface area (Å²) in [5.74, 6) is 2.53. The molecule has 3 heterocycles. The molecule has 0 spiro atoms. The van der Waals surface area contributed by atoms with E-state index < -0.39 is 0 Å². The number of thiocarbonyl (C=S) groups is 1. The van der Waals surface area contributed by atoms with Crippen molar-refractivity contribution in [3.63, 3.8) is 0 Å². The minimum absolute atomic E-state index is 0.0478. The second-order valence-electron chi connectivity index (χ2n) is 10.5. The number of benzene rings is 3. The van der Waals surface area contributed by atoms with Crippen molar-refractivity contribution in [3.8, 4) is 28.7 Å². The minimum atomic E-state index is -0.388. The van der Waals surface area contributed by atoms with Gasteiger partial charge in [0.1, 0.15) is 28.7 Å². The SMILES string of the molecule is COc1ccc(Oc2ccc(N3C(=S)N[C@H](c4ccccn4)[C@H]3c3cc(C)n(-c4ccc(OC)cc4[N+](=O)[O-])c3C)cc2)cc1. The Labute approximate surface area is 266 Å². The number of hydrogen-bond acceptors (Lipinski definition) is 7. The van der Waals surface area contributed by atoms with Crippen molar-refractivity contribution in [2.45, 2.75) is 25.9 Å². The molecule has 0 saturated carbocycles. The Morgan fingerprint density at radius 1 is 0.867 bits per heavy atom. The number of anilines is 1. The van der Waals surface area contributed by atoms with Crippen molar-refractivity contribution in [2.75, 3.05) is 19.1 Å². The number of methoxy groups -OCH3 is 2. The molecule has 1 fully saturated rings. The van der Waals surface area contributed by atoms with Crippen LogP contribution < -0.4 is 24.4 Å². The molecule has 11 heteroatoms. The zero-order chi connectivity index (χ0) is 31.7. The third-order valence-corrected chi connectivity index (χ3v) is 8.23. The van der Waals surface area contributed by atoms with Gasteiger partial charge in [0.25, 0.3) is 5.69 Å². The molecule has 228 valence electrons. The second kappa shape index (κ2) is 12.3. The van der Waals surface area contributed by atoms with E-state index >= 15 is 0 Å². The van der Waals surface area contributed by atoms with Crippen molar-refractivity contribution < 1.29 is 19.1 Å². The number of pyridine rings is 1. The lowest BCUT2D eigenvalue weighted by Crippen LogP contribution is -2.29. The summed E-state index contributed by atoms with van der Waals surface area (Å²) in [6.07, 6.45) is 1.76. The highest BCUT2D eigenvalue weighted by Crippen LogP contribution is 2.45. The molecule has 5 aromatic rings. The predicted octanol–water partition coefficient (Wildman–Crippen LogP) is 7.38. The van der Waals surface area contributed by atoms with Crippen LogP contribution in [0.2, 0.25) is 0 Å². The lowest BCUT2D eigenvalue weighted by Gasteiger charge is -2.28. The molecular formula is C34H31N5O5S. The van der Waals surface area contributed by atoms with Crippen LogP contribution in [0.3, 0.4) is 0 Å². The van der Waals surface area contributed by atoms with Crippen LogP contribution in [0.25, 0.3) is 5.69 Å². The minimum Gasteiger partial charge on any atom is -0.497 e. The Balaban J connectivity index is 1.41. The van der Waals surface area contributed by atoms with Crippen LogP contribution in [0.15, 0.2) is 97.2 Å². The monoisotopic (exact) mass is 621 g/mol. The Morgan fingerprint density at radius 2 is 1.51 bits per heavy atom. The molecule has 2 atom stereocenters. The molecule has 1 aliphatic rings. The highest BCUT2D eigenvalue weighted by Gasteiger charge is 2.42. The Morgan fingerprint density at radius 3 is 2.13 bits per heavy atom. The summed E-state index contributed by atoms with van der Waals surface area (Å²) in [4.78, 5) is 18.5. The number of aromatic nitrogens is 2. The normalized spacial score (nSPS) is 15.9. The number of nitro groups is 1. The van der Waals surface area contributed by atoms with Gasteiger partial charge in [0.2, 0.25) is 0 Å². The fourth-order valence-electron chi connectivity index (χ4n) is 5.83. The van der Waals surface area contributed by atoms with Gasteiger partial charge in [0.15, 0.2) is 5.11 Å². The first-order chi connectivity index (χ1) is 21.8. The highest BCUT2D eigenvalue weighted by atomic mass is 32.1. The number of hydrogen-bond donors (Lipinski definition) is 1. The maximum atomic E-state index is 12.1. The maximum absolute atomic E-state index is 12.1. The maximum Gasteiger partial charge on any atom is 0.296 e. The second-order valence-corrected chi connectivity index (χ2v) is 10.9. The largest absolute Gasteiger partial charge is 0.497 e. The summed E-state index contributed by atoms with van der Waals surface area (Å²) in [7, 11) is 3.11.